The second kappa shape index (κ2) is 5.99. The normalized spacial score (nSPS) is 13.2. The first-order valence-corrected chi connectivity index (χ1v) is 6.31. The minimum atomic E-state index is -3.65. The van der Waals surface area contributed by atoms with E-state index < -0.39 is 21.2 Å². The number of hydrogen-bond acceptors (Lipinski definition) is 4. The fourth-order valence-corrected chi connectivity index (χ4v) is 1.97. The van der Waals surface area contributed by atoms with E-state index >= 15 is 0 Å². The highest BCUT2D eigenvalue weighted by Crippen LogP contribution is 1.97. The summed E-state index contributed by atoms with van der Waals surface area (Å²) in [6, 6.07) is 0. The number of sulfonamides is 1. The van der Waals surface area contributed by atoms with Crippen LogP contribution < -0.4 is 15.8 Å². The smallest absolute Gasteiger partial charge is 0.235 e. The Hall–Kier alpha value is -0.730. The van der Waals surface area contributed by atoms with Crippen molar-refractivity contribution in [2.45, 2.75) is 19.1 Å². The van der Waals surface area contributed by atoms with Crippen LogP contribution in [0.15, 0.2) is 0 Å². The Morgan fingerprint density at radius 3 is 2.47 bits per heavy atom. The summed E-state index contributed by atoms with van der Waals surface area (Å²) in [6.07, 6.45) is 0. The van der Waals surface area contributed by atoms with Crippen molar-refractivity contribution in [2.24, 2.45) is 5.73 Å². The topological polar surface area (TPSA) is 101 Å². The van der Waals surface area contributed by atoms with E-state index in [4.69, 9.17) is 5.73 Å². The van der Waals surface area contributed by atoms with Crippen molar-refractivity contribution >= 4 is 33.1 Å². The van der Waals surface area contributed by atoms with Crippen molar-refractivity contribution in [1.29, 1.82) is 0 Å². The first-order valence-electron chi connectivity index (χ1n) is 4.35. The van der Waals surface area contributed by atoms with E-state index in [0.29, 0.717) is 6.54 Å². The average Bonchev–Trinajstić information content (AvgIpc) is 2.14. The number of rotatable bonds is 6. The standard InChI is InChI=1S/C7H15N3O3S2/c1-3-9-6(11)4-10-15(12,13)5(2)7(8)14/h5,10H,3-4H2,1-2H3,(H2,8,14)(H,9,11). The molecule has 0 aromatic heterocycles. The van der Waals surface area contributed by atoms with E-state index in [2.05, 4.69) is 22.3 Å². The zero-order valence-electron chi connectivity index (χ0n) is 8.61. The number of nitrogens with two attached hydrogens (primary N) is 1. The highest BCUT2D eigenvalue weighted by molar-refractivity contribution is 7.93. The van der Waals surface area contributed by atoms with Gasteiger partial charge in [-0.15, -0.1) is 0 Å². The van der Waals surface area contributed by atoms with Crippen molar-refractivity contribution in [3.63, 3.8) is 0 Å². The molecule has 0 heterocycles. The van der Waals surface area contributed by atoms with Gasteiger partial charge in [0.05, 0.1) is 11.5 Å². The van der Waals surface area contributed by atoms with Crippen LogP contribution in [0.1, 0.15) is 13.8 Å². The van der Waals surface area contributed by atoms with Crippen LogP contribution in [0.3, 0.4) is 0 Å². The van der Waals surface area contributed by atoms with Crippen molar-refractivity contribution in [3.8, 4) is 0 Å². The fourth-order valence-electron chi connectivity index (χ4n) is 0.704. The Kier molecular flexibility index (Phi) is 5.69. The summed E-state index contributed by atoms with van der Waals surface area (Å²) >= 11 is 4.56. The molecular weight excluding hydrogens is 238 g/mol. The van der Waals surface area contributed by atoms with Crippen molar-refractivity contribution in [1.82, 2.24) is 10.0 Å². The largest absolute Gasteiger partial charge is 0.392 e. The molecule has 8 heteroatoms. The summed E-state index contributed by atoms with van der Waals surface area (Å²) in [6.45, 7) is 3.25. The number of thiocarbonyl (C=S) groups is 1. The quantitative estimate of drug-likeness (QED) is 0.512. The lowest BCUT2D eigenvalue weighted by Crippen LogP contribution is -2.44. The molecule has 0 aliphatic rings. The maximum atomic E-state index is 11.4. The van der Waals surface area contributed by atoms with Gasteiger partial charge in [0.15, 0.2) is 0 Å². The number of likely N-dealkylation sites (N-methyl/N-ethyl adjacent to an activating group) is 1. The van der Waals surface area contributed by atoms with Crippen molar-refractivity contribution in [2.75, 3.05) is 13.1 Å². The molecule has 4 N–H and O–H groups in total. The third-order valence-electron chi connectivity index (χ3n) is 1.67. The number of carbonyl (C=O) groups is 1. The SMILES string of the molecule is CCNC(=O)CNS(=O)(=O)C(C)C(N)=S. The monoisotopic (exact) mass is 253 g/mol. The van der Waals surface area contributed by atoms with E-state index in [1.807, 2.05) is 0 Å². The van der Waals surface area contributed by atoms with E-state index in [1.54, 1.807) is 6.92 Å². The minimum Gasteiger partial charge on any atom is -0.392 e. The first-order chi connectivity index (χ1) is 6.81. The van der Waals surface area contributed by atoms with Crippen LogP contribution in [0.25, 0.3) is 0 Å². The summed E-state index contributed by atoms with van der Waals surface area (Å²) in [5, 5.41) is 1.47. The lowest BCUT2D eigenvalue weighted by atomic mass is 10.5. The van der Waals surface area contributed by atoms with Gasteiger partial charge in [0.2, 0.25) is 15.9 Å². The molecule has 0 saturated carbocycles. The molecule has 0 saturated heterocycles. The second-order valence-corrected chi connectivity index (χ2v) is 5.42. The lowest BCUT2D eigenvalue weighted by molar-refractivity contribution is -0.119. The number of nitrogens with one attached hydrogen (secondary N) is 2. The third kappa shape index (κ3) is 5.05. The summed E-state index contributed by atoms with van der Waals surface area (Å²) in [5.74, 6) is -0.392. The van der Waals surface area contributed by atoms with Gasteiger partial charge in [0.25, 0.3) is 0 Å². The average molecular weight is 253 g/mol. The van der Waals surface area contributed by atoms with Gasteiger partial charge in [-0.3, -0.25) is 4.79 Å². The lowest BCUT2D eigenvalue weighted by Gasteiger charge is -2.11. The Bertz CT molecular complexity index is 339. The second-order valence-electron chi connectivity index (χ2n) is 2.86. The highest BCUT2D eigenvalue weighted by atomic mass is 32.2. The molecule has 0 aromatic carbocycles. The molecule has 88 valence electrons. The Morgan fingerprint density at radius 1 is 1.53 bits per heavy atom. The third-order valence-corrected chi connectivity index (χ3v) is 3.91. The van der Waals surface area contributed by atoms with Gasteiger partial charge in [-0.1, -0.05) is 12.2 Å². The molecule has 0 fully saturated rings. The highest BCUT2D eigenvalue weighted by Gasteiger charge is 2.23. The summed E-state index contributed by atoms with van der Waals surface area (Å²) in [4.78, 5) is 10.9. The molecular formula is C7H15N3O3S2. The van der Waals surface area contributed by atoms with Gasteiger partial charge in [-0.2, -0.15) is 0 Å². The molecule has 0 spiro atoms. The van der Waals surface area contributed by atoms with Gasteiger partial charge in [0, 0.05) is 6.54 Å². The van der Waals surface area contributed by atoms with Crippen LogP contribution in [0.4, 0.5) is 0 Å². The van der Waals surface area contributed by atoms with E-state index in [0.717, 1.165) is 0 Å². The van der Waals surface area contributed by atoms with E-state index in [-0.39, 0.29) is 11.5 Å². The fraction of sp³-hybridized carbons (Fsp3) is 0.714. The van der Waals surface area contributed by atoms with Gasteiger partial charge in [-0.05, 0) is 13.8 Å². The van der Waals surface area contributed by atoms with Gasteiger partial charge in [0.1, 0.15) is 5.25 Å². The first kappa shape index (κ1) is 14.3. The number of hydrogen-bond donors (Lipinski definition) is 3. The van der Waals surface area contributed by atoms with Gasteiger partial charge < -0.3 is 11.1 Å². The molecule has 1 atom stereocenters. The molecule has 1 unspecified atom stereocenters. The molecule has 0 bridgehead atoms. The van der Waals surface area contributed by atoms with Gasteiger partial charge >= 0.3 is 0 Å². The zero-order chi connectivity index (χ0) is 12.1. The molecule has 6 nitrogen and oxygen atoms in total. The van der Waals surface area contributed by atoms with Crippen LogP contribution in [-0.4, -0.2) is 37.7 Å². The van der Waals surface area contributed by atoms with Crippen LogP contribution in [0.5, 0.6) is 0 Å². The van der Waals surface area contributed by atoms with E-state index in [1.165, 1.54) is 6.92 Å². The summed E-state index contributed by atoms with van der Waals surface area (Å²) in [7, 11) is -3.65. The molecule has 0 rings (SSSR count). The summed E-state index contributed by atoms with van der Waals surface area (Å²) in [5.41, 5.74) is 5.20. The van der Waals surface area contributed by atoms with Crippen LogP contribution >= 0.6 is 12.2 Å². The van der Waals surface area contributed by atoms with Gasteiger partial charge in [-0.25, -0.2) is 13.1 Å². The Morgan fingerprint density at radius 2 is 2.07 bits per heavy atom. The Labute approximate surface area is 94.6 Å². The minimum absolute atomic E-state index is 0.126. The molecule has 0 aliphatic heterocycles. The molecule has 1 amide bonds. The van der Waals surface area contributed by atoms with Crippen LogP contribution in [0.2, 0.25) is 0 Å². The van der Waals surface area contributed by atoms with Crippen molar-refractivity contribution < 1.29 is 13.2 Å². The number of amides is 1. The maximum absolute atomic E-state index is 11.4. The molecule has 0 aromatic rings. The van der Waals surface area contributed by atoms with E-state index in [9.17, 15) is 13.2 Å². The molecule has 0 radical (unpaired) electrons. The van der Waals surface area contributed by atoms with Crippen LogP contribution in [0, 0.1) is 0 Å². The summed E-state index contributed by atoms with van der Waals surface area (Å²) < 4.78 is 25.0. The zero-order valence-corrected chi connectivity index (χ0v) is 10.2. The molecule has 15 heavy (non-hydrogen) atoms. The van der Waals surface area contributed by atoms with Crippen LogP contribution in [-0.2, 0) is 14.8 Å². The van der Waals surface area contributed by atoms with Crippen molar-refractivity contribution in [3.05, 3.63) is 0 Å². The predicted octanol–water partition coefficient (Wildman–Crippen LogP) is -1.28. The molecule has 0 aliphatic carbocycles. The number of carbonyl (C=O) groups excluding carboxylic acids is 1. The predicted molar refractivity (Wildman–Crippen MR) is 61.9 cm³/mol. The maximum Gasteiger partial charge on any atom is 0.235 e. The Balaban J connectivity index is 4.29.